The molecule has 0 radical (unpaired) electrons. The van der Waals surface area contributed by atoms with E-state index >= 15 is 0 Å². The van der Waals surface area contributed by atoms with Gasteiger partial charge >= 0.3 is 5.97 Å². The molecule has 0 atom stereocenters. The van der Waals surface area contributed by atoms with Crippen LogP contribution in [0.15, 0.2) is 30.3 Å². The van der Waals surface area contributed by atoms with Crippen molar-refractivity contribution in [2.24, 2.45) is 0 Å². The van der Waals surface area contributed by atoms with Crippen LogP contribution in [-0.2, 0) is 17.7 Å². The molecule has 1 aliphatic heterocycles. The highest BCUT2D eigenvalue weighted by atomic mass is 19.1. The summed E-state index contributed by atoms with van der Waals surface area (Å²) >= 11 is 0. The van der Waals surface area contributed by atoms with Gasteiger partial charge in [0, 0.05) is 12.2 Å². The fourth-order valence-electron chi connectivity index (χ4n) is 2.67. The Kier molecular flexibility index (Phi) is 2.85. The van der Waals surface area contributed by atoms with E-state index in [4.69, 9.17) is 4.74 Å². The highest BCUT2D eigenvalue weighted by Crippen LogP contribution is 2.32. The molecule has 0 saturated heterocycles. The van der Waals surface area contributed by atoms with Crippen LogP contribution >= 0.6 is 0 Å². The fraction of sp³-hybridized carbons (Fsp3) is 0.267. The second-order valence-electron chi connectivity index (χ2n) is 4.65. The molecule has 0 amide bonds. The van der Waals surface area contributed by atoms with Crippen LogP contribution in [0, 0.1) is 5.82 Å². The zero-order chi connectivity index (χ0) is 13.4. The lowest BCUT2D eigenvalue weighted by Gasteiger charge is -2.09. The number of carbonyl (C=O) groups excluding carboxylic acids is 1. The van der Waals surface area contributed by atoms with Gasteiger partial charge in [0.05, 0.1) is 18.4 Å². The summed E-state index contributed by atoms with van der Waals surface area (Å²) in [4.78, 5) is 11.9. The monoisotopic (exact) mass is 259 g/mol. The van der Waals surface area contributed by atoms with Crippen molar-refractivity contribution in [2.75, 3.05) is 7.11 Å². The first-order chi connectivity index (χ1) is 9.20. The molecule has 1 aromatic heterocycles. The summed E-state index contributed by atoms with van der Waals surface area (Å²) in [5, 5.41) is 0. The smallest absolute Gasteiger partial charge is 0.340 e. The van der Waals surface area contributed by atoms with Gasteiger partial charge in [-0.3, -0.25) is 0 Å². The molecular weight excluding hydrogens is 245 g/mol. The lowest BCUT2D eigenvalue weighted by atomic mass is 10.1. The average molecular weight is 259 g/mol. The van der Waals surface area contributed by atoms with E-state index in [-0.39, 0.29) is 11.8 Å². The summed E-state index contributed by atoms with van der Waals surface area (Å²) in [5.41, 5.74) is 3.37. The molecule has 19 heavy (non-hydrogen) atoms. The third-order valence-corrected chi connectivity index (χ3v) is 3.52. The number of hydrogen-bond donors (Lipinski definition) is 0. The summed E-state index contributed by atoms with van der Waals surface area (Å²) in [6.45, 7) is 0.888. The Morgan fingerprint density at radius 1 is 1.32 bits per heavy atom. The molecule has 4 heteroatoms. The molecule has 2 heterocycles. The molecule has 98 valence electrons. The van der Waals surface area contributed by atoms with Crippen molar-refractivity contribution < 1.29 is 13.9 Å². The van der Waals surface area contributed by atoms with Gasteiger partial charge in [-0.1, -0.05) is 0 Å². The Hall–Kier alpha value is -2.10. The van der Waals surface area contributed by atoms with Crippen LogP contribution in [0.25, 0.3) is 11.3 Å². The highest BCUT2D eigenvalue weighted by molar-refractivity contribution is 5.97. The molecule has 0 aliphatic carbocycles. The summed E-state index contributed by atoms with van der Waals surface area (Å²) in [6, 6.07) is 8.10. The van der Waals surface area contributed by atoms with Crippen LogP contribution < -0.4 is 0 Å². The van der Waals surface area contributed by atoms with E-state index in [9.17, 15) is 9.18 Å². The second kappa shape index (κ2) is 4.53. The van der Waals surface area contributed by atoms with Crippen LogP contribution in [0.4, 0.5) is 4.39 Å². The molecule has 0 fully saturated rings. The maximum atomic E-state index is 13.0. The summed E-state index contributed by atoms with van der Waals surface area (Å²) in [6.07, 6.45) is 2.04. The van der Waals surface area contributed by atoms with Crippen molar-refractivity contribution in [1.29, 1.82) is 0 Å². The number of esters is 1. The van der Waals surface area contributed by atoms with Gasteiger partial charge in [-0.25, -0.2) is 9.18 Å². The Labute approximate surface area is 110 Å². The molecule has 0 spiro atoms. The van der Waals surface area contributed by atoms with Crippen molar-refractivity contribution >= 4 is 5.97 Å². The van der Waals surface area contributed by atoms with Crippen molar-refractivity contribution in [2.45, 2.75) is 19.4 Å². The Morgan fingerprint density at radius 2 is 2.05 bits per heavy atom. The van der Waals surface area contributed by atoms with Gasteiger partial charge in [0.15, 0.2) is 0 Å². The van der Waals surface area contributed by atoms with Gasteiger partial charge < -0.3 is 9.30 Å². The predicted octanol–water partition coefficient (Wildman–Crippen LogP) is 3.03. The molecule has 0 unspecified atom stereocenters. The number of ether oxygens (including phenoxy) is 1. The van der Waals surface area contributed by atoms with E-state index in [0.29, 0.717) is 5.56 Å². The molecule has 1 aromatic carbocycles. The zero-order valence-corrected chi connectivity index (χ0v) is 10.6. The van der Waals surface area contributed by atoms with E-state index in [1.54, 1.807) is 12.1 Å². The topological polar surface area (TPSA) is 31.2 Å². The van der Waals surface area contributed by atoms with Crippen LogP contribution in [0.3, 0.4) is 0 Å². The largest absolute Gasteiger partial charge is 0.465 e. The van der Waals surface area contributed by atoms with Crippen LogP contribution in [0.5, 0.6) is 0 Å². The number of fused-ring (bicyclic) bond motifs is 1. The quantitative estimate of drug-likeness (QED) is 0.776. The minimum atomic E-state index is -0.346. The SMILES string of the molecule is COC(=O)c1cc2n(c1-c1ccc(F)cc1)CCC2. The number of carbonyl (C=O) groups is 1. The highest BCUT2D eigenvalue weighted by Gasteiger charge is 2.24. The number of nitrogens with zero attached hydrogens (tertiary/aromatic N) is 1. The Balaban J connectivity index is 2.18. The van der Waals surface area contributed by atoms with Crippen LogP contribution in [0.2, 0.25) is 0 Å². The first-order valence-electron chi connectivity index (χ1n) is 6.27. The Morgan fingerprint density at radius 3 is 2.74 bits per heavy atom. The number of rotatable bonds is 2. The van der Waals surface area contributed by atoms with Gasteiger partial charge in [0.1, 0.15) is 5.82 Å². The van der Waals surface area contributed by atoms with Gasteiger partial charge in [0.2, 0.25) is 0 Å². The van der Waals surface area contributed by atoms with Gasteiger partial charge in [-0.2, -0.15) is 0 Å². The third-order valence-electron chi connectivity index (χ3n) is 3.52. The summed E-state index contributed by atoms with van der Waals surface area (Å²) in [5.74, 6) is -0.627. The molecule has 0 saturated carbocycles. The number of halogens is 1. The van der Waals surface area contributed by atoms with Gasteiger partial charge in [0.25, 0.3) is 0 Å². The molecule has 3 nitrogen and oxygen atoms in total. The van der Waals surface area contributed by atoms with Gasteiger partial charge in [-0.15, -0.1) is 0 Å². The molecular formula is C15H14FNO2. The second-order valence-corrected chi connectivity index (χ2v) is 4.65. The number of aryl methyl sites for hydroxylation is 1. The van der Waals surface area contributed by atoms with E-state index in [2.05, 4.69) is 4.57 Å². The molecule has 2 aromatic rings. The predicted molar refractivity (Wildman–Crippen MR) is 69.5 cm³/mol. The normalized spacial score (nSPS) is 13.4. The maximum absolute atomic E-state index is 13.0. The molecule has 1 aliphatic rings. The lowest BCUT2D eigenvalue weighted by molar-refractivity contribution is 0.0601. The number of benzene rings is 1. The van der Waals surface area contributed by atoms with E-state index in [1.165, 1.54) is 19.2 Å². The van der Waals surface area contributed by atoms with E-state index in [0.717, 1.165) is 36.3 Å². The van der Waals surface area contributed by atoms with Crippen molar-refractivity contribution in [3.05, 3.63) is 47.4 Å². The van der Waals surface area contributed by atoms with Crippen LogP contribution in [0.1, 0.15) is 22.5 Å². The first kappa shape index (κ1) is 12.0. The maximum Gasteiger partial charge on any atom is 0.340 e. The summed E-state index contributed by atoms with van der Waals surface area (Å²) in [7, 11) is 1.37. The molecule has 0 N–H and O–H groups in total. The molecule has 3 rings (SSSR count). The molecule has 0 bridgehead atoms. The van der Waals surface area contributed by atoms with Crippen molar-refractivity contribution in [1.82, 2.24) is 4.57 Å². The number of aromatic nitrogens is 1. The van der Waals surface area contributed by atoms with E-state index in [1.807, 2.05) is 6.07 Å². The minimum absolute atomic E-state index is 0.281. The third kappa shape index (κ3) is 1.93. The number of methoxy groups -OCH3 is 1. The fourth-order valence-corrected chi connectivity index (χ4v) is 2.67. The average Bonchev–Trinajstić information content (AvgIpc) is 2.99. The van der Waals surface area contributed by atoms with Crippen LogP contribution in [-0.4, -0.2) is 17.6 Å². The minimum Gasteiger partial charge on any atom is -0.465 e. The van der Waals surface area contributed by atoms with E-state index < -0.39 is 0 Å². The Bertz CT molecular complexity index is 628. The van der Waals surface area contributed by atoms with Crippen molar-refractivity contribution in [3.63, 3.8) is 0 Å². The first-order valence-corrected chi connectivity index (χ1v) is 6.27. The number of hydrogen-bond acceptors (Lipinski definition) is 2. The lowest BCUT2D eigenvalue weighted by Crippen LogP contribution is -2.04. The standard InChI is InChI=1S/C15H14FNO2/c1-19-15(18)13-9-12-3-2-8-17(12)14(13)10-4-6-11(16)7-5-10/h4-7,9H,2-3,8H2,1H3. The van der Waals surface area contributed by atoms with Gasteiger partial charge in [-0.05, 0) is 48.7 Å². The van der Waals surface area contributed by atoms with Crippen molar-refractivity contribution in [3.8, 4) is 11.3 Å². The summed E-state index contributed by atoms with van der Waals surface area (Å²) < 4.78 is 20.0. The zero-order valence-electron chi connectivity index (χ0n) is 10.6.